The number of halogens is 1. The number of nitrogens with zero attached hydrogens (tertiary/aromatic N) is 1. The Morgan fingerprint density at radius 1 is 0.886 bits per heavy atom. The topological polar surface area (TPSA) is 49.4 Å². The zero-order valence-corrected chi connectivity index (χ0v) is 21.4. The molecule has 2 amide bonds. The summed E-state index contributed by atoms with van der Waals surface area (Å²) in [5.41, 5.74) is 1.97. The van der Waals surface area contributed by atoms with Crippen LogP contribution in [-0.2, 0) is 28.3 Å². The predicted molar refractivity (Wildman–Crippen MR) is 141 cm³/mol. The molecule has 3 aromatic rings. The third kappa shape index (κ3) is 8.55. The Balaban J connectivity index is 1.88. The van der Waals surface area contributed by atoms with Crippen LogP contribution in [0.2, 0.25) is 0 Å². The lowest BCUT2D eigenvalue weighted by Crippen LogP contribution is -2.54. The second kappa shape index (κ2) is 12.5. The zero-order valence-electron chi connectivity index (χ0n) is 20.5. The minimum absolute atomic E-state index is 0.0203. The summed E-state index contributed by atoms with van der Waals surface area (Å²) in [5.74, 6) is 0.0324. The molecule has 0 bridgehead atoms. The lowest BCUT2D eigenvalue weighted by Gasteiger charge is -2.34. The highest BCUT2D eigenvalue weighted by molar-refractivity contribution is 7.99. The molecule has 0 aliphatic heterocycles. The van der Waals surface area contributed by atoms with Crippen molar-refractivity contribution in [2.45, 2.75) is 51.1 Å². The quantitative estimate of drug-likeness (QED) is 0.400. The van der Waals surface area contributed by atoms with Crippen LogP contribution < -0.4 is 5.32 Å². The summed E-state index contributed by atoms with van der Waals surface area (Å²) in [6.07, 6.45) is 0.340. The first kappa shape index (κ1) is 26.5. The molecule has 1 atom stereocenters. The van der Waals surface area contributed by atoms with Crippen LogP contribution in [0, 0.1) is 5.82 Å². The van der Waals surface area contributed by atoms with Crippen LogP contribution in [0.4, 0.5) is 4.39 Å². The van der Waals surface area contributed by atoms with Crippen molar-refractivity contribution in [1.82, 2.24) is 10.2 Å². The number of benzene rings is 3. The van der Waals surface area contributed by atoms with Crippen molar-refractivity contribution >= 4 is 23.6 Å². The first-order valence-corrected chi connectivity index (χ1v) is 12.9. The average molecular weight is 493 g/mol. The Morgan fingerprint density at radius 2 is 1.46 bits per heavy atom. The molecule has 6 heteroatoms. The monoisotopic (exact) mass is 492 g/mol. The van der Waals surface area contributed by atoms with Gasteiger partial charge in [-0.3, -0.25) is 9.59 Å². The maximum Gasteiger partial charge on any atom is 0.243 e. The van der Waals surface area contributed by atoms with Gasteiger partial charge in [-0.2, -0.15) is 0 Å². The maximum absolute atomic E-state index is 14.6. The number of carbonyl (C=O) groups excluding carboxylic acids is 2. The van der Waals surface area contributed by atoms with Crippen molar-refractivity contribution in [2.75, 3.05) is 5.75 Å². The summed E-state index contributed by atoms with van der Waals surface area (Å²) < 4.78 is 14.6. The Labute approximate surface area is 211 Å². The number of rotatable bonds is 10. The molecular formula is C29H33FN2O2S. The third-order valence-corrected chi connectivity index (χ3v) is 6.39. The molecule has 0 spiro atoms. The fraction of sp³-hybridized carbons (Fsp3) is 0.310. The minimum atomic E-state index is -0.777. The first-order chi connectivity index (χ1) is 16.7. The van der Waals surface area contributed by atoms with Crippen LogP contribution in [0.15, 0.2) is 84.9 Å². The van der Waals surface area contributed by atoms with Gasteiger partial charge < -0.3 is 10.2 Å². The van der Waals surface area contributed by atoms with Gasteiger partial charge in [-0.1, -0.05) is 78.9 Å². The van der Waals surface area contributed by atoms with Crippen LogP contribution in [0.3, 0.4) is 0 Å². The van der Waals surface area contributed by atoms with E-state index >= 15 is 0 Å². The highest BCUT2D eigenvalue weighted by Crippen LogP contribution is 2.20. The lowest BCUT2D eigenvalue weighted by molar-refractivity contribution is -0.140. The summed E-state index contributed by atoms with van der Waals surface area (Å²) >= 11 is 1.49. The molecule has 0 aromatic heterocycles. The normalized spacial score (nSPS) is 12.1. The summed E-state index contributed by atoms with van der Waals surface area (Å²) in [6, 6.07) is 25.2. The fourth-order valence-corrected chi connectivity index (χ4v) is 4.60. The zero-order chi connectivity index (χ0) is 25.3. The Kier molecular flexibility index (Phi) is 9.49. The SMILES string of the molecule is CC(C)(C)NC(=O)C(Cc1ccccc1)N(Cc1ccccc1F)C(=O)CSCc1ccccc1. The van der Waals surface area contributed by atoms with Crippen LogP contribution >= 0.6 is 11.8 Å². The van der Waals surface area contributed by atoms with Gasteiger partial charge in [-0.25, -0.2) is 4.39 Å². The van der Waals surface area contributed by atoms with Crippen LogP contribution in [0.25, 0.3) is 0 Å². The summed E-state index contributed by atoms with van der Waals surface area (Å²) in [7, 11) is 0. The Morgan fingerprint density at radius 3 is 2.06 bits per heavy atom. The lowest BCUT2D eigenvalue weighted by atomic mass is 10.0. The minimum Gasteiger partial charge on any atom is -0.350 e. The van der Waals surface area contributed by atoms with Gasteiger partial charge in [0.25, 0.3) is 0 Å². The van der Waals surface area contributed by atoms with Crippen molar-refractivity contribution < 1.29 is 14.0 Å². The van der Waals surface area contributed by atoms with Crippen molar-refractivity contribution in [3.8, 4) is 0 Å². The van der Waals surface area contributed by atoms with E-state index in [1.165, 1.54) is 22.7 Å². The van der Waals surface area contributed by atoms with Gasteiger partial charge in [0, 0.05) is 29.8 Å². The van der Waals surface area contributed by atoms with E-state index in [2.05, 4.69) is 5.32 Å². The van der Waals surface area contributed by atoms with E-state index in [1.807, 2.05) is 81.4 Å². The number of nitrogens with one attached hydrogen (secondary N) is 1. The molecule has 0 saturated carbocycles. The molecule has 0 aliphatic rings. The van der Waals surface area contributed by atoms with Crippen LogP contribution in [-0.4, -0.2) is 34.0 Å². The second-order valence-electron chi connectivity index (χ2n) is 9.54. The smallest absolute Gasteiger partial charge is 0.243 e. The highest BCUT2D eigenvalue weighted by Gasteiger charge is 2.32. The van der Waals surface area contributed by atoms with E-state index in [4.69, 9.17) is 0 Å². The largest absolute Gasteiger partial charge is 0.350 e. The average Bonchev–Trinajstić information content (AvgIpc) is 2.82. The van der Waals surface area contributed by atoms with Crippen molar-refractivity contribution in [1.29, 1.82) is 0 Å². The van der Waals surface area contributed by atoms with Crippen molar-refractivity contribution in [2.24, 2.45) is 0 Å². The summed E-state index contributed by atoms with van der Waals surface area (Å²) in [5, 5.41) is 3.02. The molecule has 0 fully saturated rings. The third-order valence-electron chi connectivity index (χ3n) is 5.40. The molecule has 0 saturated heterocycles. The number of carbonyl (C=O) groups is 2. The Bertz CT molecular complexity index is 1100. The molecule has 3 aromatic carbocycles. The molecule has 0 radical (unpaired) electrons. The van der Waals surface area contributed by atoms with Gasteiger partial charge in [0.1, 0.15) is 11.9 Å². The molecule has 0 heterocycles. The molecule has 0 aliphatic carbocycles. The number of hydrogen-bond donors (Lipinski definition) is 1. The van der Waals surface area contributed by atoms with Crippen LogP contribution in [0.1, 0.15) is 37.5 Å². The van der Waals surface area contributed by atoms with Crippen molar-refractivity contribution in [3.05, 3.63) is 107 Å². The van der Waals surface area contributed by atoms with E-state index in [1.54, 1.807) is 18.2 Å². The maximum atomic E-state index is 14.6. The molecule has 35 heavy (non-hydrogen) atoms. The summed E-state index contributed by atoms with van der Waals surface area (Å²) in [4.78, 5) is 28.6. The highest BCUT2D eigenvalue weighted by atomic mass is 32.2. The predicted octanol–water partition coefficient (Wildman–Crippen LogP) is 5.61. The van der Waals surface area contributed by atoms with E-state index in [9.17, 15) is 14.0 Å². The van der Waals surface area contributed by atoms with Gasteiger partial charge in [0.05, 0.1) is 5.75 Å². The fourth-order valence-electron chi connectivity index (χ4n) is 3.73. The molecule has 4 nitrogen and oxygen atoms in total. The molecular weight excluding hydrogens is 459 g/mol. The van der Waals surface area contributed by atoms with Gasteiger partial charge in [-0.15, -0.1) is 11.8 Å². The standard InChI is InChI=1S/C29H33FN2O2S/c1-29(2,3)31-28(34)26(18-22-12-6-4-7-13-22)32(19-24-16-10-11-17-25(24)30)27(33)21-35-20-23-14-8-5-9-15-23/h4-17,26H,18-21H2,1-3H3,(H,31,34). The molecule has 3 rings (SSSR count). The van der Waals surface area contributed by atoms with Gasteiger partial charge in [0.2, 0.25) is 11.8 Å². The molecule has 184 valence electrons. The van der Waals surface area contributed by atoms with E-state index < -0.39 is 17.4 Å². The van der Waals surface area contributed by atoms with Crippen LogP contribution in [0.5, 0.6) is 0 Å². The number of thioether (sulfide) groups is 1. The van der Waals surface area contributed by atoms with Gasteiger partial charge in [0.15, 0.2) is 0 Å². The van der Waals surface area contributed by atoms with Gasteiger partial charge >= 0.3 is 0 Å². The summed E-state index contributed by atoms with van der Waals surface area (Å²) in [6.45, 7) is 5.74. The molecule has 1 N–H and O–H groups in total. The second-order valence-corrected chi connectivity index (χ2v) is 10.5. The molecule has 1 unspecified atom stereocenters. The Hall–Kier alpha value is -3.12. The van der Waals surface area contributed by atoms with E-state index in [-0.39, 0.29) is 24.1 Å². The number of hydrogen-bond acceptors (Lipinski definition) is 3. The van der Waals surface area contributed by atoms with Gasteiger partial charge in [-0.05, 0) is 38.0 Å². The first-order valence-electron chi connectivity index (χ1n) is 11.7. The van der Waals surface area contributed by atoms with Crippen molar-refractivity contribution in [3.63, 3.8) is 0 Å². The number of amides is 2. The van der Waals surface area contributed by atoms with E-state index in [0.717, 1.165) is 11.1 Å². The van der Waals surface area contributed by atoms with E-state index in [0.29, 0.717) is 17.7 Å².